The number of aliphatic hydroxyl groups excluding tert-OH is 2. The number of carbonyl (C=O) groups is 2. The van der Waals surface area contributed by atoms with Gasteiger partial charge in [-0.3, -0.25) is 9.59 Å². The molecule has 0 aromatic carbocycles. The van der Waals surface area contributed by atoms with Gasteiger partial charge >= 0.3 is 5.97 Å². The number of unbranched alkanes of at least 4 members (excludes halogenated alkanes) is 47. The van der Waals surface area contributed by atoms with E-state index in [4.69, 9.17) is 4.74 Å². The molecule has 0 aliphatic heterocycles. The van der Waals surface area contributed by atoms with Crippen LogP contribution in [0.25, 0.3) is 0 Å². The smallest absolute Gasteiger partial charge is 0.305 e. The van der Waals surface area contributed by atoms with Crippen molar-refractivity contribution in [2.45, 2.75) is 366 Å². The van der Waals surface area contributed by atoms with Gasteiger partial charge < -0.3 is 20.3 Å². The lowest BCUT2D eigenvalue weighted by molar-refractivity contribution is -0.143. The number of nitrogens with one attached hydrogen (secondary N) is 1. The van der Waals surface area contributed by atoms with Crippen LogP contribution in [0.3, 0.4) is 0 Å². The van der Waals surface area contributed by atoms with E-state index in [9.17, 15) is 19.8 Å². The molecule has 0 spiro atoms. The highest BCUT2D eigenvalue weighted by Crippen LogP contribution is 2.18. The molecule has 2 unspecified atom stereocenters. The lowest BCUT2D eigenvalue weighted by atomic mass is 10.0. The van der Waals surface area contributed by atoms with Gasteiger partial charge in [0.2, 0.25) is 5.91 Å². The summed E-state index contributed by atoms with van der Waals surface area (Å²) >= 11 is 0. The van der Waals surface area contributed by atoms with E-state index >= 15 is 0 Å². The summed E-state index contributed by atoms with van der Waals surface area (Å²) in [7, 11) is 0. The van der Waals surface area contributed by atoms with Gasteiger partial charge in [0, 0.05) is 12.8 Å². The molecule has 0 rings (SSSR count). The SMILES string of the molecule is CCCCCCCCCCCCCCCCC/C=C/C(O)C(CO)NC(=O)CCCCCCCCCC/C=C\CCCCCCCCCCCCCCOC(=O)CCCCCCCCCCCCCCC. The van der Waals surface area contributed by atoms with E-state index in [-0.39, 0.29) is 18.5 Å². The van der Waals surface area contributed by atoms with Gasteiger partial charge in [-0.1, -0.05) is 308 Å². The molecule has 2 atom stereocenters. The summed E-state index contributed by atoms with van der Waals surface area (Å²) in [4.78, 5) is 24.5. The molecule has 6 nitrogen and oxygen atoms in total. The highest BCUT2D eigenvalue weighted by atomic mass is 16.5. The van der Waals surface area contributed by atoms with Gasteiger partial charge in [-0.05, 0) is 57.8 Å². The van der Waals surface area contributed by atoms with Crippen LogP contribution < -0.4 is 5.32 Å². The predicted molar refractivity (Wildman–Crippen MR) is 310 cm³/mol. The van der Waals surface area contributed by atoms with E-state index in [1.807, 2.05) is 6.08 Å². The second-order valence-corrected chi connectivity index (χ2v) is 22.1. The summed E-state index contributed by atoms with van der Waals surface area (Å²) in [6.45, 7) is 4.93. The zero-order valence-electron chi connectivity index (χ0n) is 48.0. The molecule has 0 bridgehead atoms. The van der Waals surface area contributed by atoms with Gasteiger partial charge in [-0.25, -0.2) is 0 Å². The number of allylic oxidation sites excluding steroid dienone is 3. The molecule has 0 aromatic heterocycles. The van der Waals surface area contributed by atoms with Gasteiger partial charge in [0.25, 0.3) is 0 Å². The number of amides is 1. The summed E-state index contributed by atoms with van der Waals surface area (Å²) in [6, 6.07) is -0.631. The second kappa shape index (κ2) is 60.9. The molecular formula is C65H125NO5. The Morgan fingerprint density at radius 2 is 0.662 bits per heavy atom. The maximum atomic E-state index is 12.5. The standard InChI is InChI=1S/C65H125NO5/c1-3-5-7-9-11-13-15-17-18-27-30-34-37-41-45-49-53-57-63(68)62(61-67)66-64(69)58-54-50-46-42-38-35-31-28-25-23-21-19-20-22-24-26-29-32-36-40-44-48-52-56-60-71-65(70)59-55-51-47-43-39-33-16-14-12-10-8-6-4-2/h21,23,53,57,62-63,67-68H,3-20,22,24-52,54-56,58-61H2,1-2H3,(H,66,69)/b23-21-,57-53+. The zero-order chi connectivity index (χ0) is 51.4. The van der Waals surface area contributed by atoms with E-state index in [1.165, 1.54) is 289 Å². The fourth-order valence-electron chi connectivity index (χ4n) is 10.0. The van der Waals surface area contributed by atoms with Crippen molar-refractivity contribution >= 4 is 11.9 Å². The van der Waals surface area contributed by atoms with Gasteiger partial charge in [-0.2, -0.15) is 0 Å². The fourth-order valence-corrected chi connectivity index (χ4v) is 10.0. The molecule has 0 aromatic rings. The molecule has 3 N–H and O–H groups in total. The van der Waals surface area contributed by atoms with Crippen LogP contribution in [0, 0.1) is 0 Å². The normalized spacial score (nSPS) is 12.7. The number of hydrogen-bond donors (Lipinski definition) is 3. The lowest BCUT2D eigenvalue weighted by Crippen LogP contribution is -2.45. The Kier molecular flexibility index (Phi) is 59.5. The van der Waals surface area contributed by atoms with Crippen LogP contribution in [0.15, 0.2) is 24.3 Å². The van der Waals surface area contributed by atoms with Crippen molar-refractivity contribution in [1.82, 2.24) is 5.32 Å². The third-order valence-corrected chi connectivity index (χ3v) is 15.0. The van der Waals surface area contributed by atoms with Crippen LogP contribution in [0.1, 0.15) is 354 Å². The largest absolute Gasteiger partial charge is 0.466 e. The van der Waals surface area contributed by atoms with E-state index in [0.717, 1.165) is 38.5 Å². The first kappa shape index (κ1) is 69.3. The van der Waals surface area contributed by atoms with E-state index in [1.54, 1.807) is 6.08 Å². The Bertz CT molecular complexity index is 1110. The average Bonchev–Trinajstić information content (AvgIpc) is 3.37. The molecule has 0 aliphatic carbocycles. The molecule has 420 valence electrons. The van der Waals surface area contributed by atoms with Crippen molar-refractivity contribution in [1.29, 1.82) is 0 Å². The van der Waals surface area contributed by atoms with Crippen molar-refractivity contribution < 1.29 is 24.5 Å². The molecular weight excluding hydrogens is 875 g/mol. The van der Waals surface area contributed by atoms with Crippen molar-refractivity contribution in [3.63, 3.8) is 0 Å². The van der Waals surface area contributed by atoms with Crippen LogP contribution in [0.5, 0.6) is 0 Å². The molecule has 0 saturated carbocycles. The molecule has 0 heterocycles. The first-order valence-corrected chi connectivity index (χ1v) is 32.1. The van der Waals surface area contributed by atoms with Crippen LogP contribution in [0.4, 0.5) is 0 Å². The first-order valence-electron chi connectivity index (χ1n) is 32.1. The Morgan fingerprint density at radius 1 is 0.380 bits per heavy atom. The molecule has 0 aliphatic rings. The maximum absolute atomic E-state index is 12.5. The monoisotopic (exact) mass is 1000 g/mol. The van der Waals surface area contributed by atoms with Gasteiger partial charge in [-0.15, -0.1) is 0 Å². The van der Waals surface area contributed by atoms with Crippen LogP contribution in [-0.2, 0) is 14.3 Å². The highest BCUT2D eigenvalue weighted by molar-refractivity contribution is 5.76. The Balaban J connectivity index is 3.42. The Labute approximate surface area is 443 Å². The van der Waals surface area contributed by atoms with Crippen LogP contribution in [0.2, 0.25) is 0 Å². The Hall–Kier alpha value is -1.66. The minimum Gasteiger partial charge on any atom is -0.466 e. The van der Waals surface area contributed by atoms with Crippen molar-refractivity contribution in [2.24, 2.45) is 0 Å². The van der Waals surface area contributed by atoms with Crippen LogP contribution in [-0.4, -0.2) is 47.4 Å². The van der Waals surface area contributed by atoms with Gasteiger partial charge in [0.05, 0.1) is 25.4 Å². The number of carbonyl (C=O) groups excluding carboxylic acids is 2. The highest BCUT2D eigenvalue weighted by Gasteiger charge is 2.18. The first-order chi connectivity index (χ1) is 35.0. The molecule has 0 fully saturated rings. The summed E-state index contributed by atoms with van der Waals surface area (Å²) in [6.07, 6.45) is 75.1. The number of hydrogen-bond acceptors (Lipinski definition) is 5. The van der Waals surface area contributed by atoms with E-state index < -0.39 is 12.1 Å². The number of rotatable bonds is 60. The summed E-state index contributed by atoms with van der Waals surface area (Å²) in [5.74, 6) is -0.0561. The number of aliphatic hydroxyl groups is 2. The number of ether oxygens (including phenoxy) is 1. The topological polar surface area (TPSA) is 95.9 Å². The molecule has 0 saturated heterocycles. The summed E-state index contributed by atoms with van der Waals surface area (Å²) < 4.78 is 5.48. The van der Waals surface area contributed by atoms with Gasteiger partial charge in [0.1, 0.15) is 0 Å². The Morgan fingerprint density at radius 3 is 1.00 bits per heavy atom. The van der Waals surface area contributed by atoms with E-state index in [0.29, 0.717) is 19.4 Å². The molecule has 0 radical (unpaired) electrons. The lowest BCUT2D eigenvalue weighted by Gasteiger charge is -2.20. The zero-order valence-corrected chi connectivity index (χ0v) is 48.0. The third-order valence-electron chi connectivity index (χ3n) is 15.0. The number of esters is 1. The fraction of sp³-hybridized carbons (Fsp3) is 0.908. The van der Waals surface area contributed by atoms with Crippen molar-refractivity contribution in [3.05, 3.63) is 24.3 Å². The minimum absolute atomic E-state index is 0.0140. The molecule has 1 amide bonds. The van der Waals surface area contributed by atoms with E-state index in [2.05, 4.69) is 31.3 Å². The van der Waals surface area contributed by atoms with Gasteiger partial charge in [0.15, 0.2) is 0 Å². The van der Waals surface area contributed by atoms with Crippen molar-refractivity contribution in [3.8, 4) is 0 Å². The quantitative estimate of drug-likeness (QED) is 0.0320. The predicted octanol–water partition coefficient (Wildman–Crippen LogP) is 20.2. The summed E-state index contributed by atoms with van der Waals surface area (Å²) in [5.41, 5.74) is 0. The molecule has 71 heavy (non-hydrogen) atoms. The molecule has 6 heteroatoms. The minimum atomic E-state index is -0.847. The summed E-state index contributed by atoms with van der Waals surface area (Å²) in [5, 5.41) is 23.2. The van der Waals surface area contributed by atoms with Crippen molar-refractivity contribution in [2.75, 3.05) is 13.2 Å². The second-order valence-electron chi connectivity index (χ2n) is 22.1. The average molecular weight is 1000 g/mol. The van der Waals surface area contributed by atoms with Crippen LogP contribution >= 0.6 is 0 Å². The maximum Gasteiger partial charge on any atom is 0.305 e. The third kappa shape index (κ3) is 57.5.